The Morgan fingerprint density at radius 1 is 0.800 bits per heavy atom. The van der Waals surface area contributed by atoms with Crippen LogP contribution in [-0.4, -0.2) is 54.9 Å². The Morgan fingerprint density at radius 3 is 1.51 bits per heavy atom. The SMILES string of the molecule is CCCCCCCCCCCCCCCCCCC(C)[N+](C)(C)C(C)(CCCS(=O)(=O)O)C(=O)[O-]. The van der Waals surface area contributed by atoms with Crippen molar-refractivity contribution in [2.75, 3.05) is 19.8 Å². The summed E-state index contributed by atoms with van der Waals surface area (Å²) < 4.78 is 31.3. The van der Waals surface area contributed by atoms with Crippen LogP contribution in [0.4, 0.5) is 0 Å². The Balaban J connectivity index is 3.99. The molecule has 0 saturated carbocycles. The summed E-state index contributed by atoms with van der Waals surface area (Å²) in [4.78, 5) is 12.0. The Hall–Kier alpha value is -0.660. The van der Waals surface area contributed by atoms with Crippen LogP contribution in [0.3, 0.4) is 0 Å². The van der Waals surface area contributed by atoms with Crippen LogP contribution in [0.2, 0.25) is 0 Å². The normalized spacial score (nSPS) is 15.1. The van der Waals surface area contributed by atoms with Crippen molar-refractivity contribution in [3.8, 4) is 0 Å². The van der Waals surface area contributed by atoms with Gasteiger partial charge >= 0.3 is 0 Å². The molecule has 0 saturated heterocycles. The molecule has 0 spiro atoms. The zero-order valence-corrected chi connectivity index (χ0v) is 24.5. The topological polar surface area (TPSA) is 94.5 Å². The molecule has 0 aromatic heterocycles. The number of carboxylic acid groups (broad SMARTS) is 1. The van der Waals surface area contributed by atoms with Crippen LogP contribution >= 0.6 is 0 Å². The highest BCUT2D eigenvalue weighted by Gasteiger charge is 2.45. The molecule has 210 valence electrons. The van der Waals surface area contributed by atoms with E-state index in [4.69, 9.17) is 4.55 Å². The first-order valence-corrected chi connectivity index (χ1v) is 16.0. The summed E-state index contributed by atoms with van der Waals surface area (Å²) in [5.74, 6) is -1.60. The summed E-state index contributed by atoms with van der Waals surface area (Å²) in [7, 11) is -0.318. The number of carboxylic acids is 1. The van der Waals surface area contributed by atoms with Gasteiger partial charge in [0.1, 0.15) is 11.5 Å². The third-order valence-corrected chi connectivity index (χ3v) is 9.16. The fourth-order valence-electron chi connectivity index (χ4n) is 5.02. The molecular formula is C28H57NO5S. The first-order valence-electron chi connectivity index (χ1n) is 14.4. The summed E-state index contributed by atoms with van der Waals surface area (Å²) in [6.45, 7) is 5.97. The van der Waals surface area contributed by atoms with E-state index in [0.717, 1.165) is 19.3 Å². The highest BCUT2D eigenvalue weighted by molar-refractivity contribution is 7.85. The van der Waals surface area contributed by atoms with Crippen molar-refractivity contribution in [3.63, 3.8) is 0 Å². The molecule has 1 N–H and O–H groups in total. The van der Waals surface area contributed by atoms with Gasteiger partial charge in [-0.15, -0.1) is 0 Å². The highest BCUT2D eigenvalue weighted by atomic mass is 32.2. The van der Waals surface area contributed by atoms with Crippen molar-refractivity contribution in [2.24, 2.45) is 0 Å². The van der Waals surface area contributed by atoms with E-state index >= 15 is 0 Å². The summed E-state index contributed by atoms with van der Waals surface area (Å²) in [5, 5.41) is 12.0. The number of aliphatic carboxylic acids is 1. The first-order chi connectivity index (χ1) is 16.4. The second-order valence-electron chi connectivity index (χ2n) is 11.4. The van der Waals surface area contributed by atoms with Gasteiger partial charge in [0.15, 0.2) is 0 Å². The van der Waals surface area contributed by atoms with Crippen LogP contribution in [-0.2, 0) is 14.9 Å². The average molecular weight is 520 g/mol. The van der Waals surface area contributed by atoms with Crippen LogP contribution in [0.25, 0.3) is 0 Å². The number of nitrogens with zero attached hydrogens (tertiary/aromatic N) is 1. The van der Waals surface area contributed by atoms with Gasteiger partial charge in [0.25, 0.3) is 10.1 Å². The minimum atomic E-state index is -4.10. The maximum Gasteiger partial charge on any atom is 0.264 e. The molecule has 2 atom stereocenters. The van der Waals surface area contributed by atoms with Crippen LogP contribution in [0.1, 0.15) is 143 Å². The third-order valence-electron chi connectivity index (χ3n) is 8.35. The van der Waals surface area contributed by atoms with Crippen molar-refractivity contribution >= 4 is 16.1 Å². The Morgan fingerprint density at radius 2 is 1.17 bits per heavy atom. The molecule has 0 radical (unpaired) electrons. The molecule has 7 heteroatoms. The van der Waals surface area contributed by atoms with Crippen molar-refractivity contribution in [2.45, 2.75) is 154 Å². The largest absolute Gasteiger partial charge is 0.544 e. The summed E-state index contributed by atoms with van der Waals surface area (Å²) in [5.41, 5.74) is -1.21. The number of carbonyl (C=O) groups excluding carboxylic acids is 1. The van der Waals surface area contributed by atoms with Crippen LogP contribution in [0.5, 0.6) is 0 Å². The molecule has 0 aromatic rings. The number of quaternary nitrogens is 1. The lowest BCUT2D eigenvalue weighted by Gasteiger charge is -2.51. The lowest BCUT2D eigenvalue weighted by atomic mass is 9.89. The molecule has 0 rings (SSSR count). The van der Waals surface area contributed by atoms with Crippen molar-refractivity contribution in [3.05, 3.63) is 0 Å². The van der Waals surface area contributed by atoms with Gasteiger partial charge in [-0.3, -0.25) is 4.55 Å². The Kier molecular flexibility index (Phi) is 18.2. The quantitative estimate of drug-likeness (QED) is 0.0920. The van der Waals surface area contributed by atoms with Crippen molar-refractivity contribution in [1.82, 2.24) is 0 Å². The summed E-state index contributed by atoms with van der Waals surface area (Å²) in [6.07, 6.45) is 22.4. The zero-order chi connectivity index (χ0) is 26.8. The van der Waals surface area contributed by atoms with Gasteiger partial charge in [-0.1, -0.05) is 103 Å². The van der Waals surface area contributed by atoms with Gasteiger partial charge in [0.05, 0.1) is 25.9 Å². The fourth-order valence-corrected chi connectivity index (χ4v) is 5.53. The molecule has 35 heavy (non-hydrogen) atoms. The second kappa shape index (κ2) is 18.6. The maximum atomic E-state index is 12.0. The molecular weight excluding hydrogens is 462 g/mol. The molecule has 6 nitrogen and oxygen atoms in total. The van der Waals surface area contributed by atoms with Crippen LogP contribution < -0.4 is 5.11 Å². The molecule has 0 aliphatic carbocycles. The second-order valence-corrected chi connectivity index (χ2v) is 13.0. The molecule has 0 heterocycles. The minimum absolute atomic E-state index is 0.0940. The monoisotopic (exact) mass is 519 g/mol. The molecule has 0 aliphatic rings. The predicted molar refractivity (Wildman–Crippen MR) is 145 cm³/mol. The molecule has 0 fully saturated rings. The number of carbonyl (C=O) groups is 1. The zero-order valence-electron chi connectivity index (χ0n) is 23.7. The standard InChI is InChI=1S/C28H57NO5S/c1-6-7-8-9-10-11-12-13-14-15-16-17-18-19-20-21-23-26(2)29(4,5)28(3,27(30)31)24-22-25-35(32,33)34/h26H,6-25H2,1-5H3,(H-,30,31,32,33,34). The lowest BCUT2D eigenvalue weighted by molar-refractivity contribution is -0.954. The molecule has 0 aliphatic heterocycles. The molecule has 0 aromatic carbocycles. The highest BCUT2D eigenvalue weighted by Crippen LogP contribution is 2.31. The van der Waals surface area contributed by atoms with Gasteiger partial charge in [-0.05, 0) is 33.1 Å². The summed E-state index contributed by atoms with van der Waals surface area (Å²) in [6, 6.07) is 0.107. The van der Waals surface area contributed by atoms with E-state index in [1.807, 2.05) is 14.1 Å². The predicted octanol–water partition coefficient (Wildman–Crippen LogP) is 6.28. The van der Waals surface area contributed by atoms with Crippen molar-refractivity contribution < 1.29 is 27.4 Å². The Labute approximate surface area is 217 Å². The first kappa shape index (κ1) is 34.3. The van der Waals surface area contributed by atoms with Gasteiger partial charge in [0.2, 0.25) is 0 Å². The van der Waals surface area contributed by atoms with Gasteiger partial charge < -0.3 is 14.4 Å². The number of hydrogen-bond donors (Lipinski definition) is 1. The van der Waals surface area contributed by atoms with E-state index in [2.05, 4.69) is 13.8 Å². The fraction of sp³-hybridized carbons (Fsp3) is 0.964. The Bertz CT molecular complexity index is 650. The van der Waals surface area contributed by atoms with Crippen molar-refractivity contribution in [1.29, 1.82) is 0 Å². The number of hydrogen-bond acceptors (Lipinski definition) is 4. The van der Waals surface area contributed by atoms with E-state index in [1.165, 1.54) is 89.9 Å². The van der Waals surface area contributed by atoms with Gasteiger partial charge in [-0.2, -0.15) is 8.42 Å². The summed E-state index contributed by atoms with van der Waals surface area (Å²) >= 11 is 0. The van der Waals surface area contributed by atoms with Crippen LogP contribution in [0.15, 0.2) is 0 Å². The van der Waals surface area contributed by atoms with Crippen LogP contribution in [0, 0.1) is 0 Å². The maximum absolute atomic E-state index is 12.0. The number of likely N-dealkylation sites (N-methyl/N-ethyl adjacent to an activating group) is 1. The van der Waals surface area contributed by atoms with E-state index in [0.29, 0.717) is 0 Å². The van der Waals surface area contributed by atoms with Gasteiger partial charge in [-0.25, -0.2) is 0 Å². The molecule has 2 unspecified atom stereocenters. The minimum Gasteiger partial charge on any atom is -0.544 e. The average Bonchev–Trinajstić information content (AvgIpc) is 2.77. The van der Waals surface area contributed by atoms with E-state index in [1.54, 1.807) is 6.92 Å². The van der Waals surface area contributed by atoms with Gasteiger partial charge in [0, 0.05) is 6.42 Å². The molecule has 0 amide bonds. The van der Waals surface area contributed by atoms with E-state index in [-0.39, 0.29) is 23.4 Å². The number of unbranched alkanes of at least 4 members (excludes halogenated alkanes) is 15. The smallest absolute Gasteiger partial charge is 0.264 e. The lowest BCUT2D eigenvalue weighted by Crippen LogP contribution is -2.69. The molecule has 0 bridgehead atoms. The van der Waals surface area contributed by atoms with E-state index < -0.39 is 27.4 Å². The number of rotatable bonds is 24. The third kappa shape index (κ3) is 15.2. The van der Waals surface area contributed by atoms with E-state index in [9.17, 15) is 18.3 Å².